The van der Waals surface area contributed by atoms with E-state index in [9.17, 15) is 4.79 Å². The maximum Gasteiger partial charge on any atom is 0.336 e. The monoisotopic (exact) mass is 413 g/mol. The summed E-state index contributed by atoms with van der Waals surface area (Å²) in [6, 6.07) is 23.5. The molecule has 5 heteroatoms. The SMILES string of the molecule is COc1cccc(CCN2COc3ccc4c(-c5ccccc5)cc(=O)oc4c3C2)c1. The number of hydrogen-bond acceptors (Lipinski definition) is 5. The third kappa shape index (κ3) is 3.92. The van der Waals surface area contributed by atoms with Crippen molar-refractivity contribution in [1.82, 2.24) is 4.90 Å². The highest BCUT2D eigenvalue weighted by Crippen LogP contribution is 2.36. The molecule has 0 saturated heterocycles. The van der Waals surface area contributed by atoms with Crippen molar-refractivity contribution in [2.24, 2.45) is 0 Å². The Kier molecular flexibility index (Phi) is 5.18. The fourth-order valence-corrected chi connectivity index (χ4v) is 4.09. The highest BCUT2D eigenvalue weighted by Gasteiger charge is 2.22. The largest absolute Gasteiger partial charge is 0.497 e. The van der Waals surface area contributed by atoms with Crippen LogP contribution in [0, 0.1) is 0 Å². The molecule has 0 saturated carbocycles. The van der Waals surface area contributed by atoms with Crippen LogP contribution in [0.4, 0.5) is 0 Å². The van der Waals surface area contributed by atoms with Crippen LogP contribution in [0.5, 0.6) is 11.5 Å². The van der Waals surface area contributed by atoms with Gasteiger partial charge in [0.25, 0.3) is 0 Å². The van der Waals surface area contributed by atoms with Crippen LogP contribution in [0.3, 0.4) is 0 Å². The Bertz CT molecular complexity index is 1280. The number of hydrogen-bond donors (Lipinski definition) is 0. The maximum absolute atomic E-state index is 12.4. The lowest BCUT2D eigenvalue weighted by molar-refractivity contribution is 0.0968. The second kappa shape index (κ2) is 8.28. The van der Waals surface area contributed by atoms with Crippen LogP contribution in [0.1, 0.15) is 11.1 Å². The minimum absolute atomic E-state index is 0.353. The predicted octanol–water partition coefficient (Wildman–Crippen LogP) is 4.86. The second-order valence-electron chi connectivity index (χ2n) is 7.69. The zero-order valence-electron chi connectivity index (χ0n) is 17.3. The van der Waals surface area contributed by atoms with Crippen molar-refractivity contribution in [3.8, 4) is 22.6 Å². The Morgan fingerprint density at radius 1 is 1.00 bits per heavy atom. The molecule has 5 rings (SSSR count). The molecule has 1 aromatic heterocycles. The normalized spacial score (nSPS) is 13.6. The second-order valence-corrected chi connectivity index (χ2v) is 7.69. The Morgan fingerprint density at radius 3 is 2.71 bits per heavy atom. The van der Waals surface area contributed by atoms with E-state index in [-0.39, 0.29) is 5.63 Å². The zero-order chi connectivity index (χ0) is 21.2. The number of benzene rings is 3. The smallest absolute Gasteiger partial charge is 0.336 e. The molecule has 3 aromatic carbocycles. The van der Waals surface area contributed by atoms with Gasteiger partial charge in [0, 0.05) is 24.5 Å². The van der Waals surface area contributed by atoms with Crippen molar-refractivity contribution in [3.05, 3.63) is 94.3 Å². The molecule has 1 aliphatic rings. The average molecular weight is 413 g/mol. The Labute approximate surface area is 180 Å². The number of rotatable bonds is 5. The summed E-state index contributed by atoms with van der Waals surface area (Å²) in [5.74, 6) is 1.64. The predicted molar refractivity (Wildman–Crippen MR) is 121 cm³/mol. The first-order valence-corrected chi connectivity index (χ1v) is 10.3. The Morgan fingerprint density at radius 2 is 1.87 bits per heavy atom. The lowest BCUT2D eigenvalue weighted by Gasteiger charge is -2.29. The standard InChI is InChI=1S/C26H23NO4/c1-29-20-9-5-6-18(14-20)12-13-27-16-23-24(30-17-27)11-10-21-22(15-25(28)31-26(21)23)19-7-3-2-4-8-19/h2-11,14-15H,12-13,16-17H2,1H3. The molecule has 156 valence electrons. The molecular formula is C26H23NO4. The van der Waals surface area contributed by atoms with E-state index in [2.05, 4.69) is 17.0 Å². The van der Waals surface area contributed by atoms with Gasteiger partial charge in [0.1, 0.15) is 23.8 Å². The third-order valence-electron chi connectivity index (χ3n) is 5.69. The van der Waals surface area contributed by atoms with E-state index < -0.39 is 0 Å². The van der Waals surface area contributed by atoms with E-state index in [4.69, 9.17) is 13.9 Å². The summed E-state index contributed by atoms with van der Waals surface area (Å²) in [7, 11) is 1.68. The van der Waals surface area contributed by atoms with Crippen molar-refractivity contribution in [1.29, 1.82) is 0 Å². The van der Waals surface area contributed by atoms with Crippen LogP contribution in [-0.2, 0) is 13.0 Å². The number of methoxy groups -OCH3 is 1. The van der Waals surface area contributed by atoms with E-state index in [0.717, 1.165) is 46.5 Å². The van der Waals surface area contributed by atoms with Gasteiger partial charge in [-0.2, -0.15) is 0 Å². The first-order valence-electron chi connectivity index (χ1n) is 10.3. The molecule has 4 aromatic rings. The number of fused-ring (bicyclic) bond motifs is 3. The van der Waals surface area contributed by atoms with Gasteiger partial charge in [-0.1, -0.05) is 42.5 Å². The molecule has 0 amide bonds. The molecule has 0 fully saturated rings. The Balaban J connectivity index is 1.46. The molecule has 31 heavy (non-hydrogen) atoms. The van der Waals surface area contributed by atoms with Crippen molar-refractivity contribution < 1.29 is 13.9 Å². The minimum atomic E-state index is -0.353. The summed E-state index contributed by atoms with van der Waals surface area (Å²) in [5, 5.41) is 0.919. The molecule has 0 atom stereocenters. The molecule has 0 radical (unpaired) electrons. The molecule has 1 aliphatic heterocycles. The van der Waals surface area contributed by atoms with E-state index in [1.54, 1.807) is 13.2 Å². The van der Waals surface area contributed by atoms with Gasteiger partial charge in [-0.3, -0.25) is 4.90 Å². The van der Waals surface area contributed by atoms with Crippen LogP contribution in [0.2, 0.25) is 0 Å². The summed E-state index contributed by atoms with van der Waals surface area (Å²) in [6.45, 7) is 1.99. The number of nitrogens with zero attached hydrogens (tertiary/aromatic N) is 1. The first kappa shape index (κ1) is 19.4. The van der Waals surface area contributed by atoms with E-state index >= 15 is 0 Å². The molecule has 0 aliphatic carbocycles. The topological polar surface area (TPSA) is 51.9 Å². The van der Waals surface area contributed by atoms with Gasteiger partial charge in [0.15, 0.2) is 0 Å². The van der Waals surface area contributed by atoms with Crippen LogP contribution >= 0.6 is 0 Å². The van der Waals surface area contributed by atoms with Crippen LogP contribution in [0.25, 0.3) is 22.1 Å². The zero-order valence-corrected chi connectivity index (χ0v) is 17.3. The van der Waals surface area contributed by atoms with Gasteiger partial charge in [0.05, 0.1) is 12.7 Å². The van der Waals surface area contributed by atoms with Gasteiger partial charge < -0.3 is 13.9 Å². The van der Waals surface area contributed by atoms with Crippen molar-refractivity contribution >= 4 is 11.0 Å². The lowest BCUT2D eigenvalue weighted by Crippen LogP contribution is -2.33. The molecule has 0 spiro atoms. The Hall–Kier alpha value is -3.57. The minimum Gasteiger partial charge on any atom is -0.497 e. The summed E-state index contributed by atoms with van der Waals surface area (Å²) in [4.78, 5) is 14.6. The molecular weight excluding hydrogens is 390 g/mol. The first-order chi connectivity index (χ1) is 15.2. The molecule has 2 heterocycles. The van der Waals surface area contributed by atoms with E-state index in [1.807, 2.05) is 54.6 Å². The van der Waals surface area contributed by atoms with Crippen molar-refractivity contribution in [2.75, 3.05) is 20.4 Å². The van der Waals surface area contributed by atoms with Gasteiger partial charge in [-0.05, 0) is 47.4 Å². The lowest BCUT2D eigenvalue weighted by atomic mass is 9.99. The fraction of sp³-hybridized carbons (Fsp3) is 0.192. The quantitative estimate of drug-likeness (QED) is 0.437. The third-order valence-corrected chi connectivity index (χ3v) is 5.69. The summed E-state index contributed by atoms with van der Waals surface area (Å²) in [5.41, 5.74) is 4.25. The average Bonchev–Trinajstić information content (AvgIpc) is 2.82. The van der Waals surface area contributed by atoms with Crippen molar-refractivity contribution in [3.63, 3.8) is 0 Å². The molecule has 5 nitrogen and oxygen atoms in total. The molecule has 0 unspecified atom stereocenters. The van der Waals surface area contributed by atoms with Crippen molar-refractivity contribution in [2.45, 2.75) is 13.0 Å². The molecule has 0 bridgehead atoms. The van der Waals surface area contributed by atoms with Gasteiger partial charge in [-0.15, -0.1) is 0 Å². The van der Waals surface area contributed by atoms with Gasteiger partial charge >= 0.3 is 5.63 Å². The summed E-state index contributed by atoms with van der Waals surface area (Å²) < 4.78 is 17.0. The van der Waals surface area contributed by atoms with E-state index in [1.165, 1.54) is 5.56 Å². The van der Waals surface area contributed by atoms with Crippen LogP contribution in [-0.4, -0.2) is 25.3 Å². The highest BCUT2D eigenvalue weighted by molar-refractivity contribution is 5.95. The van der Waals surface area contributed by atoms with Gasteiger partial charge in [0.2, 0.25) is 0 Å². The van der Waals surface area contributed by atoms with Gasteiger partial charge in [-0.25, -0.2) is 4.79 Å². The summed E-state index contributed by atoms with van der Waals surface area (Å²) in [6.07, 6.45) is 0.875. The fourth-order valence-electron chi connectivity index (χ4n) is 4.09. The summed E-state index contributed by atoms with van der Waals surface area (Å²) >= 11 is 0. The van der Waals surface area contributed by atoms with Crippen LogP contribution in [0.15, 0.2) is 82.0 Å². The number of ether oxygens (including phenoxy) is 2. The van der Waals surface area contributed by atoms with E-state index in [0.29, 0.717) is 18.9 Å². The highest BCUT2D eigenvalue weighted by atomic mass is 16.5. The molecule has 0 N–H and O–H groups in total. The maximum atomic E-state index is 12.4. The van der Waals surface area contributed by atoms with Crippen LogP contribution < -0.4 is 15.1 Å².